The van der Waals surface area contributed by atoms with Crippen molar-refractivity contribution in [3.63, 3.8) is 0 Å². The molecule has 4 heteroatoms. The fraction of sp³-hybridized carbons (Fsp3) is 0.294. The smallest absolute Gasteiger partial charge is 0.125 e. The largest absolute Gasteiger partial charge is 0.493 e. The van der Waals surface area contributed by atoms with E-state index in [2.05, 4.69) is 22.0 Å². The Hall–Kier alpha value is -1.03. The average Bonchev–Trinajstić information content (AvgIpc) is 2.90. The highest BCUT2D eigenvalue weighted by molar-refractivity contribution is 9.10. The lowest BCUT2D eigenvalue weighted by Crippen LogP contribution is -2.04. The molecule has 1 atom stereocenters. The predicted molar refractivity (Wildman–Crippen MR) is 88.2 cm³/mol. The molecule has 110 valence electrons. The van der Waals surface area contributed by atoms with Crippen molar-refractivity contribution in [1.29, 1.82) is 0 Å². The van der Waals surface area contributed by atoms with E-state index >= 15 is 0 Å². The summed E-state index contributed by atoms with van der Waals surface area (Å²) >= 11 is 9.56. The van der Waals surface area contributed by atoms with Crippen molar-refractivity contribution in [1.82, 2.24) is 0 Å². The van der Waals surface area contributed by atoms with Crippen molar-refractivity contribution in [2.45, 2.75) is 25.9 Å². The topological polar surface area (TPSA) is 29.5 Å². The third-order valence-electron chi connectivity index (χ3n) is 3.81. The Labute approximate surface area is 137 Å². The molecule has 1 aliphatic heterocycles. The van der Waals surface area contributed by atoms with Gasteiger partial charge in [-0.05, 0) is 47.4 Å². The van der Waals surface area contributed by atoms with E-state index < -0.39 is 6.10 Å². The number of ether oxygens (including phenoxy) is 1. The highest BCUT2D eigenvalue weighted by Crippen LogP contribution is 2.35. The van der Waals surface area contributed by atoms with Gasteiger partial charge >= 0.3 is 0 Å². The Morgan fingerprint density at radius 1 is 1.33 bits per heavy atom. The zero-order chi connectivity index (χ0) is 15.0. The number of hydrogen-bond donors (Lipinski definition) is 1. The first-order valence-electron chi connectivity index (χ1n) is 6.93. The van der Waals surface area contributed by atoms with Crippen molar-refractivity contribution >= 4 is 27.5 Å². The van der Waals surface area contributed by atoms with Crippen LogP contribution in [0.4, 0.5) is 0 Å². The molecular formula is C17H16BrClO2. The van der Waals surface area contributed by atoms with Gasteiger partial charge < -0.3 is 9.84 Å². The zero-order valence-electron chi connectivity index (χ0n) is 11.7. The Morgan fingerprint density at radius 3 is 2.90 bits per heavy atom. The lowest BCUT2D eigenvalue weighted by molar-refractivity contribution is 0.177. The number of halogens is 2. The van der Waals surface area contributed by atoms with Crippen molar-refractivity contribution < 1.29 is 9.84 Å². The Balaban J connectivity index is 1.88. The van der Waals surface area contributed by atoms with Crippen molar-refractivity contribution in [2.24, 2.45) is 0 Å². The van der Waals surface area contributed by atoms with Crippen LogP contribution < -0.4 is 4.74 Å². The van der Waals surface area contributed by atoms with Gasteiger partial charge in [0.05, 0.1) is 12.7 Å². The van der Waals surface area contributed by atoms with Gasteiger partial charge in [0, 0.05) is 22.3 Å². The van der Waals surface area contributed by atoms with E-state index in [9.17, 15) is 5.11 Å². The first kappa shape index (κ1) is 14.9. The lowest BCUT2D eigenvalue weighted by atomic mass is 9.98. The maximum absolute atomic E-state index is 10.5. The van der Waals surface area contributed by atoms with Crippen LogP contribution in [-0.2, 0) is 12.8 Å². The summed E-state index contributed by atoms with van der Waals surface area (Å²) in [5.41, 5.74) is 4.10. The molecule has 0 saturated carbocycles. The number of aliphatic hydroxyl groups excluding tert-OH is 1. The fourth-order valence-corrected chi connectivity index (χ4v) is 3.37. The summed E-state index contributed by atoms with van der Waals surface area (Å²) in [5.74, 6) is 0.933. The van der Waals surface area contributed by atoms with E-state index in [-0.39, 0.29) is 0 Å². The molecule has 3 rings (SSSR count). The molecular weight excluding hydrogens is 352 g/mol. The van der Waals surface area contributed by atoms with Crippen LogP contribution in [0.15, 0.2) is 34.8 Å². The summed E-state index contributed by atoms with van der Waals surface area (Å²) < 4.78 is 6.74. The van der Waals surface area contributed by atoms with Crippen molar-refractivity contribution in [3.05, 3.63) is 62.1 Å². The van der Waals surface area contributed by atoms with Gasteiger partial charge in [0.25, 0.3) is 0 Å². The normalized spacial score (nSPS) is 14.7. The number of benzene rings is 2. The second-order valence-electron chi connectivity index (χ2n) is 5.38. The van der Waals surface area contributed by atoms with Crippen LogP contribution in [-0.4, -0.2) is 11.7 Å². The third-order valence-corrected chi connectivity index (χ3v) is 4.69. The monoisotopic (exact) mass is 366 g/mol. The van der Waals surface area contributed by atoms with E-state index in [1.807, 2.05) is 31.2 Å². The van der Waals surface area contributed by atoms with E-state index in [0.717, 1.165) is 45.0 Å². The summed E-state index contributed by atoms with van der Waals surface area (Å²) in [6.07, 6.45) is 0.893. The fourth-order valence-electron chi connectivity index (χ4n) is 2.70. The molecule has 0 radical (unpaired) electrons. The van der Waals surface area contributed by atoms with Gasteiger partial charge in [0.2, 0.25) is 0 Å². The highest BCUT2D eigenvalue weighted by atomic mass is 79.9. The van der Waals surface area contributed by atoms with Gasteiger partial charge in [-0.25, -0.2) is 0 Å². The van der Waals surface area contributed by atoms with Gasteiger partial charge in [-0.1, -0.05) is 39.7 Å². The summed E-state index contributed by atoms with van der Waals surface area (Å²) in [5, 5.41) is 11.2. The maximum Gasteiger partial charge on any atom is 0.125 e. The van der Waals surface area contributed by atoms with Crippen LogP contribution in [0.2, 0.25) is 5.02 Å². The minimum atomic E-state index is -0.566. The molecule has 0 bridgehead atoms. The highest BCUT2D eigenvalue weighted by Gasteiger charge is 2.20. The summed E-state index contributed by atoms with van der Waals surface area (Å²) in [7, 11) is 0. The van der Waals surface area contributed by atoms with E-state index in [1.165, 1.54) is 5.56 Å². The van der Waals surface area contributed by atoms with Gasteiger partial charge in [0.15, 0.2) is 0 Å². The summed E-state index contributed by atoms with van der Waals surface area (Å²) in [6, 6.07) is 9.75. The number of aliphatic hydroxyl groups is 1. The predicted octanol–water partition coefficient (Wildman–Crippen LogP) is 4.62. The molecule has 1 heterocycles. The van der Waals surface area contributed by atoms with Crippen LogP contribution in [0, 0.1) is 6.92 Å². The molecule has 1 N–H and O–H groups in total. The second kappa shape index (κ2) is 5.99. The molecule has 0 spiro atoms. The van der Waals surface area contributed by atoms with Gasteiger partial charge in [-0.2, -0.15) is 0 Å². The number of rotatable bonds is 3. The summed E-state index contributed by atoms with van der Waals surface area (Å²) in [4.78, 5) is 0. The maximum atomic E-state index is 10.5. The first-order valence-corrected chi connectivity index (χ1v) is 8.10. The molecule has 1 aliphatic rings. The Bertz CT molecular complexity index is 685. The third kappa shape index (κ3) is 3.10. The zero-order valence-corrected chi connectivity index (χ0v) is 14.0. The van der Waals surface area contributed by atoms with Gasteiger partial charge in [0.1, 0.15) is 5.75 Å². The Morgan fingerprint density at radius 2 is 2.14 bits per heavy atom. The molecule has 0 fully saturated rings. The number of hydrogen-bond acceptors (Lipinski definition) is 2. The minimum Gasteiger partial charge on any atom is -0.493 e. The van der Waals surface area contributed by atoms with Crippen LogP contribution in [0.3, 0.4) is 0 Å². The average molecular weight is 368 g/mol. The molecule has 2 aromatic rings. The van der Waals surface area contributed by atoms with Gasteiger partial charge in [-0.15, -0.1) is 0 Å². The minimum absolute atomic E-state index is 0.531. The lowest BCUT2D eigenvalue weighted by Gasteiger charge is -2.15. The number of aryl methyl sites for hydroxylation is 1. The summed E-state index contributed by atoms with van der Waals surface area (Å²) in [6.45, 7) is 2.66. The van der Waals surface area contributed by atoms with Gasteiger partial charge in [-0.3, -0.25) is 0 Å². The molecule has 0 amide bonds. The quantitative estimate of drug-likeness (QED) is 0.857. The first-order chi connectivity index (χ1) is 10.0. The van der Waals surface area contributed by atoms with Crippen molar-refractivity contribution in [3.8, 4) is 5.75 Å². The van der Waals surface area contributed by atoms with E-state index in [1.54, 1.807) is 0 Å². The molecule has 2 aromatic carbocycles. The van der Waals surface area contributed by atoms with Crippen LogP contribution >= 0.6 is 27.5 Å². The van der Waals surface area contributed by atoms with Crippen LogP contribution in [0.1, 0.15) is 28.4 Å². The molecule has 2 nitrogen and oxygen atoms in total. The molecule has 1 unspecified atom stereocenters. The second-order valence-corrected chi connectivity index (χ2v) is 6.70. The van der Waals surface area contributed by atoms with E-state index in [0.29, 0.717) is 6.42 Å². The molecule has 0 aliphatic carbocycles. The molecule has 21 heavy (non-hydrogen) atoms. The van der Waals surface area contributed by atoms with Crippen molar-refractivity contribution in [2.75, 3.05) is 6.61 Å². The van der Waals surface area contributed by atoms with Crippen LogP contribution in [0.25, 0.3) is 0 Å². The standard InChI is InChI=1S/C17H16BrClO2/c1-10-6-11(2-3-15(10)19)16(20)9-13-8-14(18)7-12-4-5-21-17(12)13/h2-3,6-8,16,20H,4-5,9H2,1H3. The van der Waals surface area contributed by atoms with E-state index in [4.69, 9.17) is 16.3 Å². The van der Waals surface area contributed by atoms with Crippen LogP contribution in [0.5, 0.6) is 5.75 Å². The molecule has 0 saturated heterocycles. The molecule has 0 aromatic heterocycles. The number of fused-ring (bicyclic) bond motifs is 1. The Kier molecular flexibility index (Phi) is 4.25. The SMILES string of the molecule is Cc1cc(C(O)Cc2cc(Br)cc3c2OCC3)ccc1Cl.